The molecule has 0 aromatic carbocycles. The van der Waals surface area contributed by atoms with Gasteiger partial charge in [0.1, 0.15) is 5.82 Å². The van der Waals surface area contributed by atoms with E-state index in [0.29, 0.717) is 12.6 Å². The van der Waals surface area contributed by atoms with E-state index >= 15 is 0 Å². The molecule has 0 radical (unpaired) electrons. The highest BCUT2D eigenvalue weighted by atomic mass is 16.5. The standard InChI is InChI=1S/C16H23N5O/c1-12(2)15-19-16(22-20-15)18-11-13-6-7-17-14(10-13)21-8-4-3-5-9-21/h6-7,10,12H,3-5,8-9,11H2,1-2H3,(H,18,19,20). The van der Waals surface area contributed by atoms with E-state index in [2.05, 4.69) is 31.4 Å². The molecule has 0 bridgehead atoms. The Morgan fingerprint density at radius 1 is 1.27 bits per heavy atom. The first-order valence-electron chi connectivity index (χ1n) is 8.00. The highest BCUT2D eigenvalue weighted by molar-refractivity contribution is 5.42. The molecule has 3 heterocycles. The van der Waals surface area contributed by atoms with E-state index in [1.807, 2.05) is 26.1 Å². The molecule has 0 unspecified atom stereocenters. The van der Waals surface area contributed by atoms with Crippen molar-refractivity contribution in [2.45, 2.75) is 45.6 Å². The highest BCUT2D eigenvalue weighted by Gasteiger charge is 2.13. The van der Waals surface area contributed by atoms with Crippen molar-refractivity contribution in [3.63, 3.8) is 0 Å². The molecule has 0 atom stereocenters. The summed E-state index contributed by atoms with van der Waals surface area (Å²) in [5, 5.41) is 7.13. The summed E-state index contributed by atoms with van der Waals surface area (Å²) in [5.74, 6) is 2.06. The van der Waals surface area contributed by atoms with Gasteiger partial charge in [0.25, 0.3) is 0 Å². The van der Waals surface area contributed by atoms with Crippen molar-refractivity contribution in [3.05, 3.63) is 29.7 Å². The van der Waals surface area contributed by atoms with E-state index in [4.69, 9.17) is 4.52 Å². The van der Waals surface area contributed by atoms with E-state index in [9.17, 15) is 0 Å². The lowest BCUT2D eigenvalue weighted by Crippen LogP contribution is -2.30. The zero-order valence-corrected chi connectivity index (χ0v) is 13.2. The third-order valence-corrected chi connectivity index (χ3v) is 3.89. The van der Waals surface area contributed by atoms with Crippen molar-refractivity contribution >= 4 is 11.8 Å². The number of hydrogen-bond donors (Lipinski definition) is 1. The van der Waals surface area contributed by atoms with Crippen LogP contribution in [0.25, 0.3) is 0 Å². The summed E-state index contributed by atoms with van der Waals surface area (Å²) in [4.78, 5) is 11.2. The van der Waals surface area contributed by atoms with Crippen LogP contribution in [0.3, 0.4) is 0 Å². The molecule has 3 rings (SSSR count). The summed E-state index contributed by atoms with van der Waals surface area (Å²) in [7, 11) is 0. The molecule has 22 heavy (non-hydrogen) atoms. The molecule has 0 spiro atoms. The van der Waals surface area contributed by atoms with Crippen LogP contribution in [0.4, 0.5) is 11.8 Å². The molecule has 1 aliphatic rings. The smallest absolute Gasteiger partial charge is 0.321 e. The lowest BCUT2D eigenvalue weighted by atomic mass is 10.1. The topological polar surface area (TPSA) is 67.1 Å². The molecule has 1 fully saturated rings. The van der Waals surface area contributed by atoms with Crippen LogP contribution in [0, 0.1) is 0 Å². The van der Waals surface area contributed by atoms with Crippen LogP contribution >= 0.6 is 0 Å². The third-order valence-electron chi connectivity index (χ3n) is 3.89. The fourth-order valence-corrected chi connectivity index (χ4v) is 2.59. The second-order valence-electron chi connectivity index (χ2n) is 6.04. The lowest BCUT2D eigenvalue weighted by Gasteiger charge is -2.27. The lowest BCUT2D eigenvalue weighted by molar-refractivity contribution is 0.419. The molecule has 6 nitrogen and oxygen atoms in total. The fraction of sp³-hybridized carbons (Fsp3) is 0.562. The molecule has 0 saturated carbocycles. The minimum atomic E-state index is 0.269. The molecule has 2 aromatic rings. The van der Waals surface area contributed by atoms with Crippen LogP contribution in [0.5, 0.6) is 0 Å². The van der Waals surface area contributed by atoms with Gasteiger partial charge in [0.05, 0.1) is 0 Å². The molecule has 118 valence electrons. The predicted octanol–water partition coefficient (Wildman–Crippen LogP) is 3.19. The second-order valence-corrected chi connectivity index (χ2v) is 6.04. The maximum Gasteiger partial charge on any atom is 0.321 e. The summed E-state index contributed by atoms with van der Waals surface area (Å²) in [6, 6.07) is 4.62. The Morgan fingerprint density at radius 2 is 2.09 bits per heavy atom. The number of piperidine rings is 1. The molecule has 1 saturated heterocycles. The van der Waals surface area contributed by atoms with Crippen LogP contribution in [0.2, 0.25) is 0 Å². The first-order chi connectivity index (χ1) is 10.7. The van der Waals surface area contributed by atoms with Gasteiger partial charge in [-0.1, -0.05) is 19.0 Å². The van der Waals surface area contributed by atoms with Crippen molar-refractivity contribution < 1.29 is 4.52 Å². The number of rotatable bonds is 5. The molecule has 2 aromatic heterocycles. The zero-order chi connectivity index (χ0) is 15.4. The van der Waals surface area contributed by atoms with Gasteiger partial charge in [0.15, 0.2) is 5.82 Å². The second kappa shape index (κ2) is 6.77. The van der Waals surface area contributed by atoms with Gasteiger partial charge in [-0.3, -0.25) is 0 Å². The number of aromatic nitrogens is 3. The minimum Gasteiger partial charge on any atom is -0.357 e. The molecule has 0 aliphatic carbocycles. The summed E-state index contributed by atoms with van der Waals surface area (Å²) in [6.45, 7) is 6.95. The molecular weight excluding hydrogens is 278 g/mol. The largest absolute Gasteiger partial charge is 0.357 e. The first-order valence-corrected chi connectivity index (χ1v) is 8.00. The maximum absolute atomic E-state index is 5.20. The summed E-state index contributed by atoms with van der Waals surface area (Å²) in [5.41, 5.74) is 1.17. The maximum atomic E-state index is 5.20. The summed E-state index contributed by atoms with van der Waals surface area (Å²) >= 11 is 0. The number of anilines is 2. The van der Waals surface area contributed by atoms with Gasteiger partial charge in [-0.15, -0.1) is 0 Å². The van der Waals surface area contributed by atoms with Gasteiger partial charge in [0.2, 0.25) is 0 Å². The van der Waals surface area contributed by atoms with Crippen molar-refractivity contribution in [2.75, 3.05) is 23.3 Å². The third kappa shape index (κ3) is 3.55. The van der Waals surface area contributed by atoms with Crippen molar-refractivity contribution in [1.82, 2.24) is 15.1 Å². The number of nitrogens with one attached hydrogen (secondary N) is 1. The fourth-order valence-electron chi connectivity index (χ4n) is 2.59. The van der Waals surface area contributed by atoms with E-state index in [0.717, 1.165) is 24.7 Å². The Kier molecular flexibility index (Phi) is 4.56. The Bertz CT molecular complexity index is 604. The predicted molar refractivity (Wildman–Crippen MR) is 86.0 cm³/mol. The van der Waals surface area contributed by atoms with E-state index in [1.54, 1.807) is 0 Å². The van der Waals surface area contributed by atoms with E-state index in [1.165, 1.54) is 24.8 Å². The van der Waals surface area contributed by atoms with Gasteiger partial charge < -0.3 is 14.7 Å². The molecule has 1 N–H and O–H groups in total. The zero-order valence-electron chi connectivity index (χ0n) is 13.2. The number of pyridine rings is 1. The van der Waals surface area contributed by atoms with Crippen LogP contribution in [-0.4, -0.2) is 28.2 Å². The Labute approximate surface area is 130 Å². The summed E-state index contributed by atoms with van der Waals surface area (Å²) < 4.78 is 5.20. The average Bonchev–Trinajstić information content (AvgIpc) is 3.03. The number of nitrogens with zero attached hydrogens (tertiary/aromatic N) is 4. The molecule has 0 amide bonds. The Morgan fingerprint density at radius 3 is 2.82 bits per heavy atom. The summed E-state index contributed by atoms with van der Waals surface area (Å²) in [6.07, 6.45) is 5.70. The van der Waals surface area contributed by atoms with Crippen molar-refractivity contribution in [3.8, 4) is 0 Å². The van der Waals surface area contributed by atoms with Crippen molar-refractivity contribution in [2.24, 2.45) is 0 Å². The van der Waals surface area contributed by atoms with Gasteiger partial charge in [-0.25, -0.2) is 4.98 Å². The average molecular weight is 301 g/mol. The minimum absolute atomic E-state index is 0.269. The molecule has 1 aliphatic heterocycles. The van der Waals surface area contributed by atoms with Gasteiger partial charge in [0, 0.05) is 31.7 Å². The molecule has 6 heteroatoms. The SMILES string of the molecule is CC(C)c1noc(NCc2ccnc(N3CCCCC3)c2)n1. The Hall–Kier alpha value is -2.11. The van der Waals surface area contributed by atoms with Gasteiger partial charge in [-0.2, -0.15) is 4.98 Å². The quantitative estimate of drug-likeness (QED) is 0.915. The Balaban J connectivity index is 1.62. The van der Waals surface area contributed by atoms with Crippen LogP contribution < -0.4 is 10.2 Å². The number of hydrogen-bond acceptors (Lipinski definition) is 6. The van der Waals surface area contributed by atoms with E-state index < -0.39 is 0 Å². The normalized spacial score (nSPS) is 15.3. The highest BCUT2D eigenvalue weighted by Crippen LogP contribution is 2.19. The van der Waals surface area contributed by atoms with Crippen LogP contribution in [0.15, 0.2) is 22.9 Å². The van der Waals surface area contributed by atoms with Crippen LogP contribution in [0.1, 0.15) is 50.4 Å². The van der Waals surface area contributed by atoms with Crippen molar-refractivity contribution in [1.29, 1.82) is 0 Å². The van der Waals surface area contributed by atoms with Crippen LogP contribution in [-0.2, 0) is 6.54 Å². The van der Waals surface area contributed by atoms with Gasteiger partial charge in [-0.05, 0) is 37.0 Å². The molecular formula is C16H23N5O. The first kappa shape index (κ1) is 14.8. The van der Waals surface area contributed by atoms with Gasteiger partial charge >= 0.3 is 6.01 Å². The van der Waals surface area contributed by atoms with E-state index in [-0.39, 0.29) is 5.92 Å². The monoisotopic (exact) mass is 301 g/mol.